The van der Waals surface area contributed by atoms with E-state index in [-0.39, 0.29) is 12.4 Å². The summed E-state index contributed by atoms with van der Waals surface area (Å²) in [7, 11) is 0. The van der Waals surface area contributed by atoms with Crippen LogP contribution in [0, 0.1) is 5.92 Å². The van der Waals surface area contributed by atoms with Crippen LogP contribution in [0.2, 0.25) is 0 Å². The van der Waals surface area contributed by atoms with E-state index < -0.39 is 0 Å². The van der Waals surface area contributed by atoms with Crippen LogP contribution in [0.3, 0.4) is 0 Å². The van der Waals surface area contributed by atoms with Crippen LogP contribution in [0.4, 0.5) is 0 Å². The van der Waals surface area contributed by atoms with E-state index in [1.54, 1.807) is 0 Å². The Balaban J connectivity index is 0.00000176. The Bertz CT molecular complexity index is 429. The van der Waals surface area contributed by atoms with Gasteiger partial charge < -0.3 is 15.0 Å². The number of rotatable bonds is 6. The molecule has 2 fully saturated rings. The molecule has 0 aromatic carbocycles. The molecule has 0 radical (unpaired) electrons. The van der Waals surface area contributed by atoms with E-state index in [0.717, 1.165) is 50.8 Å². The van der Waals surface area contributed by atoms with E-state index in [1.165, 1.54) is 25.7 Å². The Labute approximate surface area is 138 Å². The number of nitrogens with zero attached hydrogens (tertiary/aromatic N) is 3. The van der Waals surface area contributed by atoms with Gasteiger partial charge in [-0.3, -0.25) is 4.90 Å². The third-order valence-electron chi connectivity index (χ3n) is 4.63. The predicted octanol–water partition coefficient (Wildman–Crippen LogP) is 2.12. The predicted molar refractivity (Wildman–Crippen MR) is 85.6 cm³/mol. The molecule has 1 aromatic heterocycles. The van der Waals surface area contributed by atoms with Crippen LogP contribution in [0.25, 0.3) is 0 Å². The van der Waals surface area contributed by atoms with Crippen LogP contribution in [-0.4, -0.2) is 40.8 Å². The first-order chi connectivity index (χ1) is 10.3. The Morgan fingerprint density at radius 1 is 1.18 bits per heavy atom. The van der Waals surface area contributed by atoms with Gasteiger partial charge in [0.05, 0.1) is 19.2 Å². The lowest BCUT2D eigenvalue weighted by Gasteiger charge is -2.31. The van der Waals surface area contributed by atoms with E-state index in [9.17, 15) is 0 Å². The van der Waals surface area contributed by atoms with Crippen molar-refractivity contribution in [3.05, 3.63) is 11.7 Å². The van der Waals surface area contributed by atoms with Crippen molar-refractivity contribution in [2.75, 3.05) is 19.7 Å². The molecule has 3 rings (SSSR count). The fourth-order valence-electron chi connectivity index (χ4n) is 3.32. The summed E-state index contributed by atoms with van der Waals surface area (Å²) in [6.45, 7) is 4.11. The number of halogens is 1. The van der Waals surface area contributed by atoms with Crippen molar-refractivity contribution >= 4 is 12.4 Å². The number of hydrogen-bond donors (Lipinski definition) is 1. The molecule has 7 heteroatoms. The summed E-state index contributed by atoms with van der Waals surface area (Å²) in [5.74, 6) is 2.07. The van der Waals surface area contributed by atoms with E-state index in [1.807, 2.05) is 0 Å². The molecule has 1 saturated carbocycles. The number of piperidine rings is 1. The highest BCUT2D eigenvalue weighted by molar-refractivity contribution is 5.85. The molecule has 0 atom stereocenters. The van der Waals surface area contributed by atoms with Crippen LogP contribution in [-0.2, 0) is 17.8 Å². The number of hydrogen-bond acceptors (Lipinski definition) is 6. The lowest BCUT2D eigenvalue weighted by Crippen LogP contribution is -2.37. The number of aromatic nitrogens is 2. The molecule has 1 aliphatic carbocycles. The Morgan fingerprint density at radius 3 is 2.55 bits per heavy atom. The van der Waals surface area contributed by atoms with Crippen molar-refractivity contribution < 1.29 is 9.26 Å². The zero-order valence-electron chi connectivity index (χ0n) is 13.1. The van der Waals surface area contributed by atoms with Crippen LogP contribution in [0.15, 0.2) is 4.52 Å². The molecule has 0 amide bonds. The van der Waals surface area contributed by atoms with E-state index in [4.69, 9.17) is 15.0 Å². The lowest BCUT2D eigenvalue weighted by molar-refractivity contribution is -0.0101. The zero-order valence-corrected chi connectivity index (χ0v) is 13.9. The van der Waals surface area contributed by atoms with E-state index in [2.05, 4.69) is 15.0 Å². The summed E-state index contributed by atoms with van der Waals surface area (Å²) >= 11 is 0. The number of likely N-dealkylation sites (tertiary alicyclic amines) is 1. The molecule has 2 aliphatic rings. The Hall–Kier alpha value is -0.690. The third kappa shape index (κ3) is 4.91. The molecular formula is C15H27ClN4O2. The maximum Gasteiger partial charge on any atom is 0.240 e. The average molecular weight is 331 g/mol. The molecule has 0 unspecified atom stereocenters. The van der Waals surface area contributed by atoms with Crippen molar-refractivity contribution in [1.29, 1.82) is 0 Å². The maximum absolute atomic E-state index is 6.09. The second-order valence-electron chi connectivity index (χ2n) is 6.27. The molecule has 126 valence electrons. The van der Waals surface area contributed by atoms with E-state index in [0.29, 0.717) is 18.5 Å². The zero-order chi connectivity index (χ0) is 14.5. The topological polar surface area (TPSA) is 77.4 Å². The Kier molecular flexibility index (Phi) is 7.08. The van der Waals surface area contributed by atoms with Crippen LogP contribution >= 0.6 is 12.4 Å². The summed E-state index contributed by atoms with van der Waals surface area (Å²) in [4.78, 5) is 6.62. The van der Waals surface area contributed by atoms with Gasteiger partial charge in [0.2, 0.25) is 5.89 Å². The van der Waals surface area contributed by atoms with Gasteiger partial charge in [-0.05, 0) is 31.6 Å². The Morgan fingerprint density at radius 2 is 1.91 bits per heavy atom. The van der Waals surface area contributed by atoms with Gasteiger partial charge in [-0.1, -0.05) is 18.0 Å². The molecule has 0 bridgehead atoms. The minimum absolute atomic E-state index is 0. The van der Waals surface area contributed by atoms with Crippen LogP contribution in [0.5, 0.6) is 0 Å². The highest BCUT2D eigenvalue weighted by Gasteiger charge is 2.23. The molecule has 2 heterocycles. The third-order valence-corrected chi connectivity index (χ3v) is 4.63. The second-order valence-corrected chi connectivity index (χ2v) is 6.27. The van der Waals surface area contributed by atoms with Gasteiger partial charge in [0, 0.05) is 19.7 Å². The van der Waals surface area contributed by atoms with Gasteiger partial charge in [-0.2, -0.15) is 4.98 Å². The van der Waals surface area contributed by atoms with Crippen molar-refractivity contribution in [1.82, 2.24) is 15.0 Å². The molecule has 2 N–H and O–H groups in total. The normalized spacial score (nSPS) is 21.1. The quantitative estimate of drug-likeness (QED) is 0.861. The van der Waals surface area contributed by atoms with Crippen LogP contribution in [0.1, 0.15) is 50.2 Å². The van der Waals surface area contributed by atoms with Gasteiger partial charge in [-0.15, -0.1) is 12.4 Å². The number of nitrogens with two attached hydrogens (primary N) is 1. The fraction of sp³-hybridized carbons (Fsp3) is 0.867. The first-order valence-electron chi connectivity index (χ1n) is 8.19. The minimum atomic E-state index is 0. The maximum atomic E-state index is 6.09. The largest absolute Gasteiger partial charge is 0.378 e. The van der Waals surface area contributed by atoms with Gasteiger partial charge in [0.1, 0.15) is 0 Å². The molecule has 22 heavy (non-hydrogen) atoms. The van der Waals surface area contributed by atoms with Crippen molar-refractivity contribution in [3.63, 3.8) is 0 Å². The summed E-state index contributed by atoms with van der Waals surface area (Å²) < 4.78 is 11.1. The SMILES string of the molecule is Cl.NCc1nc(CN2CCC(OCC3CCCC3)CC2)no1. The highest BCUT2D eigenvalue weighted by Crippen LogP contribution is 2.26. The smallest absolute Gasteiger partial charge is 0.240 e. The van der Waals surface area contributed by atoms with Gasteiger partial charge >= 0.3 is 0 Å². The van der Waals surface area contributed by atoms with Gasteiger partial charge in [0.25, 0.3) is 0 Å². The summed E-state index contributed by atoms with van der Waals surface area (Å²) in [6, 6.07) is 0. The molecule has 1 aromatic rings. The average Bonchev–Trinajstić information content (AvgIpc) is 3.18. The van der Waals surface area contributed by atoms with Crippen molar-refractivity contribution in [3.8, 4) is 0 Å². The van der Waals surface area contributed by atoms with Crippen LogP contribution < -0.4 is 5.73 Å². The fourth-order valence-corrected chi connectivity index (χ4v) is 3.32. The van der Waals surface area contributed by atoms with E-state index >= 15 is 0 Å². The first-order valence-corrected chi connectivity index (χ1v) is 8.19. The minimum Gasteiger partial charge on any atom is -0.378 e. The first kappa shape index (κ1) is 17.7. The highest BCUT2D eigenvalue weighted by atomic mass is 35.5. The summed E-state index contributed by atoms with van der Waals surface area (Å²) in [6.07, 6.45) is 8.15. The van der Waals surface area contributed by atoms with Gasteiger partial charge in [0.15, 0.2) is 5.82 Å². The second kappa shape index (κ2) is 8.82. The number of ether oxygens (including phenoxy) is 1. The summed E-state index contributed by atoms with van der Waals surface area (Å²) in [5.41, 5.74) is 5.47. The summed E-state index contributed by atoms with van der Waals surface area (Å²) in [5, 5.41) is 3.95. The lowest BCUT2D eigenvalue weighted by atomic mass is 10.1. The monoisotopic (exact) mass is 330 g/mol. The molecule has 6 nitrogen and oxygen atoms in total. The standard InChI is InChI=1S/C15H26N4O2.ClH/c16-9-15-17-14(18-21-15)10-19-7-5-13(6-8-19)20-11-12-3-1-2-4-12;/h12-13H,1-11,16H2;1H. The van der Waals surface area contributed by atoms with Crippen molar-refractivity contribution in [2.45, 2.75) is 57.7 Å². The molecule has 1 aliphatic heterocycles. The van der Waals surface area contributed by atoms with Crippen molar-refractivity contribution in [2.24, 2.45) is 11.7 Å². The van der Waals surface area contributed by atoms with Gasteiger partial charge in [-0.25, -0.2) is 0 Å². The molecule has 0 spiro atoms. The molecular weight excluding hydrogens is 304 g/mol. The molecule has 1 saturated heterocycles.